The first-order valence-corrected chi connectivity index (χ1v) is 7.98. The Morgan fingerprint density at radius 1 is 1.38 bits per heavy atom. The molecule has 0 radical (unpaired) electrons. The maximum Gasteiger partial charge on any atom is 0.0851 e. The van der Waals surface area contributed by atoms with Crippen LogP contribution in [0.3, 0.4) is 0 Å². The fourth-order valence-electron chi connectivity index (χ4n) is 3.44. The molecule has 1 saturated carbocycles. The Morgan fingerprint density at radius 2 is 2.05 bits per heavy atom. The van der Waals surface area contributed by atoms with E-state index >= 15 is 0 Å². The van der Waals surface area contributed by atoms with Crippen molar-refractivity contribution in [2.24, 2.45) is 18.3 Å². The monoisotopic (exact) mass is 294 g/mol. The first-order chi connectivity index (χ1) is 9.91. The second kappa shape index (κ2) is 6.46. The molecular weight excluding hydrogens is 264 g/mol. The molecule has 0 aromatic carbocycles. The van der Waals surface area contributed by atoms with E-state index in [1.807, 2.05) is 17.9 Å². The van der Waals surface area contributed by atoms with Crippen LogP contribution in [0.2, 0.25) is 0 Å². The van der Waals surface area contributed by atoms with Gasteiger partial charge in [0.15, 0.2) is 0 Å². The molecule has 1 aromatic heterocycles. The molecule has 1 fully saturated rings. The van der Waals surface area contributed by atoms with Crippen LogP contribution in [-0.2, 0) is 18.2 Å². The summed E-state index contributed by atoms with van der Waals surface area (Å²) >= 11 is 0. The van der Waals surface area contributed by atoms with Gasteiger partial charge in [0.1, 0.15) is 0 Å². The molecule has 3 N–H and O–H groups in total. The Balaban J connectivity index is 2.14. The van der Waals surface area contributed by atoms with E-state index in [0.29, 0.717) is 5.41 Å². The fraction of sp³-hybridized carbons (Fsp3) is 0.812. The van der Waals surface area contributed by atoms with Crippen molar-refractivity contribution in [1.82, 2.24) is 15.2 Å². The molecular formula is C16H30N4O. The van der Waals surface area contributed by atoms with Gasteiger partial charge in [-0.2, -0.15) is 5.10 Å². The highest BCUT2D eigenvalue weighted by Gasteiger charge is 2.44. The molecule has 0 bridgehead atoms. The number of hydrazine groups is 1. The van der Waals surface area contributed by atoms with Gasteiger partial charge < -0.3 is 4.74 Å². The van der Waals surface area contributed by atoms with Crippen LogP contribution in [0.25, 0.3) is 0 Å². The van der Waals surface area contributed by atoms with E-state index in [1.165, 1.54) is 18.4 Å². The molecule has 0 amide bonds. The van der Waals surface area contributed by atoms with Crippen molar-refractivity contribution in [3.05, 3.63) is 18.0 Å². The predicted molar refractivity (Wildman–Crippen MR) is 84.6 cm³/mol. The zero-order valence-corrected chi connectivity index (χ0v) is 13.9. The summed E-state index contributed by atoms with van der Waals surface area (Å²) in [6, 6.07) is 0.123. The summed E-state index contributed by atoms with van der Waals surface area (Å²) in [6.07, 6.45) is 9.29. The van der Waals surface area contributed by atoms with Gasteiger partial charge in [0, 0.05) is 19.9 Å². The average Bonchev–Trinajstić information content (AvgIpc) is 2.85. The van der Waals surface area contributed by atoms with E-state index in [9.17, 15) is 0 Å². The molecule has 1 atom stereocenters. The van der Waals surface area contributed by atoms with Crippen LogP contribution in [0.4, 0.5) is 0 Å². The molecule has 5 heteroatoms. The highest BCUT2D eigenvalue weighted by atomic mass is 16.5. The van der Waals surface area contributed by atoms with Gasteiger partial charge in [-0.1, -0.05) is 13.8 Å². The van der Waals surface area contributed by atoms with Gasteiger partial charge in [0.05, 0.1) is 17.8 Å². The predicted octanol–water partition coefficient (Wildman–Crippen LogP) is 2.17. The summed E-state index contributed by atoms with van der Waals surface area (Å²) in [6.45, 7) is 7.48. The number of rotatable bonds is 6. The number of aromatic nitrogens is 2. The Hall–Kier alpha value is -0.910. The molecule has 1 heterocycles. The minimum atomic E-state index is -0.158. The molecule has 120 valence electrons. The molecule has 1 aliphatic carbocycles. The SMILES string of the molecule is CCOC1(C(Cc2cnn(C)c2)NN)CCC(C)(C)CC1. The maximum atomic E-state index is 6.23. The second-order valence-electron chi connectivity index (χ2n) is 7.11. The number of ether oxygens (including phenoxy) is 1. The number of nitrogens with two attached hydrogens (primary N) is 1. The Kier molecular flexibility index (Phi) is 5.07. The molecule has 0 saturated heterocycles. The van der Waals surface area contributed by atoms with E-state index in [-0.39, 0.29) is 11.6 Å². The number of hydrogen-bond donors (Lipinski definition) is 2. The largest absolute Gasteiger partial charge is 0.374 e. The Morgan fingerprint density at radius 3 is 2.52 bits per heavy atom. The standard InChI is InChI=1S/C16H30N4O/c1-5-21-16(8-6-15(2,3)7-9-16)14(19-17)10-13-11-18-20(4)12-13/h11-12,14,19H,5-10,17H2,1-4H3. The molecule has 1 aliphatic rings. The summed E-state index contributed by atoms with van der Waals surface area (Å²) in [5.41, 5.74) is 4.47. The van der Waals surface area contributed by atoms with Crippen LogP contribution >= 0.6 is 0 Å². The minimum absolute atomic E-state index is 0.123. The number of nitrogens with one attached hydrogen (secondary N) is 1. The van der Waals surface area contributed by atoms with Gasteiger partial charge in [-0.05, 0) is 50.0 Å². The van der Waals surface area contributed by atoms with Crippen molar-refractivity contribution in [2.75, 3.05) is 6.61 Å². The van der Waals surface area contributed by atoms with Crippen molar-refractivity contribution in [2.45, 2.75) is 64.5 Å². The zero-order chi connectivity index (χ0) is 15.5. The van der Waals surface area contributed by atoms with Crippen molar-refractivity contribution >= 4 is 0 Å². The third-order valence-corrected chi connectivity index (χ3v) is 4.92. The summed E-state index contributed by atoms with van der Waals surface area (Å²) in [4.78, 5) is 0. The summed E-state index contributed by atoms with van der Waals surface area (Å²) in [7, 11) is 1.94. The van der Waals surface area contributed by atoms with Crippen LogP contribution < -0.4 is 11.3 Å². The molecule has 1 aromatic rings. The van der Waals surface area contributed by atoms with Crippen molar-refractivity contribution < 1.29 is 4.74 Å². The van der Waals surface area contributed by atoms with Crippen LogP contribution in [0.1, 0.15) is 52.0 Å². The lowest BCUT2D eigenvalue weighted by Gasteiger charge is -2.47. The lowest BCUT2D eigenvalue weighted by molar-refractivity contribution is -0.106. The number of nitrogens with zero attached hydrogens (tertiary/aromatic N) is 2. The van der Waals surface area contributed by atoms with Gasteiger partial charge in [-0.15, -0.1) is 0 Å². The third-order valence-electron chi connectivity index (χ3n) is 4.92. The van der Waals surface area contributed by atoms with E-state index in [0.717, 1.165) is 25.9 Å². The minimum Gasteiger partial charge on any atom is -0.374 e. The first-order valence-electron chi connectivity index (χ1n) is 7.98. The highest BCUT2D eigenvalue weighted by molar-refractivity contribution is 5.10. The van der Waals surface area contributed by atoms with E-state index in [1.54, 1.807) is 0 Å². The fourth-order valence-corrected chi connectivity index (χ4v) is 3.44. The van der Waals surface area contributed by atoms with Crippen molar-refractivity contribution in [1.29, 1.82) is 0 Å². The lowest BCUT2D eigenvalue weighted by Crippen LogP contribution is -2.58. The quantitative estimate of drug-likeness (QED) is 0.623. The first kappa shape index (κ1) is 16.5. The van der Waals surface area contributed by atoms with E-state index in [4.69, 9.17) is 10.6 Å². The van der Waals surface area contributed by atoms with Gasteiger partial charge >= 0.3 is 0 Å². The van der Waals surface area contributed by atoms with Crippen molar-refractivity contribution in [3.8, 4) is 0 Å². The third kappa shape index (κ3) is 3.84. The smallest absolute Gasteiger partial charge is 0.0851 e. The molecule has 1 unspecified atom stereocenters. The molecule has 0 spiro atoms. The van der Waals surface area contributed by atoms with Gasteiger partial charge in [-0.3, -0.25) is 16.0 Å². The van der Waals surface area contributed by atoms with Crippen LogP contribution in [0, 0.1) is 5.41 Å². The molecule has 21 heavy (non-hydrogen) atoms. The lowest BCUT2D eigenvalue weighted by atomic mass is 9.68. The van der Waals surface area contributed by atoms with Crippen LogP contribution in [0.15, 0.2) is 12.4 Å². The van der Waals surface area contributed by atoms with E-state index < -0.39 is 0 Å². The normalized spacial score (nSPS) is 22.1. The zero-order valence-electron chi connectivity index (χ0n) is 13.9. The van der Waals surface area contributed by atoms with Gasteiger partial charge in [-0.25, -0.2) is 0 Å². The maximum absolute atomic E-state index is 6.23. The second-order valence-corrected chi connectivity index (χ2v) is 7.11. The summed E-state index contributed by atoms with van der Waals surface area (Å²) in [5, 5.41) is 4.25. The van der Waals surface area contributed by atoms with Gasteiger partial charge in [0.2, 0.25) is 0 Å². The topological polar surface area (TPSA) is 65.1 Å². The van der Waals surface area contributed by atoms with Crippen molar-refractivity contribution in [3.63, 3.8) is 0 Å². The molecule has 0 aliphatic heterocycles. The van der Waals surface area contributed by atoms with Crippen LogP contribution in [0.5, 0.6) is 0 Å². The van der Waals surface area contributed by atoms with E-state index in [2.05, 4.69) is 37.5 Å². The molecule has 2 rings (SSSR count). The van der Waals surface area contributed by atoms with Gasteiger partial charge in [0.25, 0.3) is 0 Å². The Bertz CT molecular complexity index is 445. The summed E-state index contributed by atoms with van der Waals surface area (Å²) < 4.78 is 8.06. The van der Waals surface area contributed by atoms with Crippen LogP contribution in [-0.4, -0.2) is 28.0 Å². The molecule has 5 nitrogen and oxygen atoms in total. The summed E-state index contributed by atoms with van der Waals surface area (Å²) in [5.74, 6) is 5.88. The highest BCUT2D eigenvalue weighted by Crippen LogP contribution is 2.44. The Labute approximate surface area is 128 Å². The average molecular weight is 294 g/mol. The number of aryl methyl sites for hydroxylation is 1. The number of hydrogen-bond acceptors (Lipinski definition) is 4.